The van der Waals surface area contributed by atoms with Gasteiger partial charge in [0.05, 0.1) is 12.1 Å². The predicted octanol–water partition coefficient (Wildman–Crippen LogP) is 4.38. The van der Waals surface area contributed by atoms with Crippen molar-refractivity contribution < 1.29 is 0 Å². The molecule has 0 N–H and O–H groups in total. The largest absolute Gasteiger partial charge is 0.190 e. The van der Waals surface area contributed by atoms with Crippen molar-refractivity contribution in [3.05, 3.63) is 35.4 Å². The summed E-state index contributed by atoms with van der Waals surface area (Å²) in [6, 6.07) is 10.5. The van der Waals surface area contributed by atoms with E-state index in [2.05, 4.69) is 24.3 Å². The van der Waals surface area contributed by atoms with Crippen LogP contribution in [0, 0.1) is 35.5 Å². The van der Waals surface area contributed by atoms with Crippen molar-refractivity contribution in [2.24, 2.45) is 45.7 Å². The summed E-state index contributed by atoms with van der Waals surface area (Å²) in [6.07, 6.45) is 5.90. The molecule has 0 spiro atoms. The fourth-order valence-electron chi connectivity index (χ4n) is 8.28. The first kappa shape index (κ1) is 11.4. The van der Waals surface area contributed by atoms with Gasteiger partial charge in [-0.3, -0.25) is 0 Å². The molecule has 6 bridgehead atoms. The van der Waals surface area contributed by atoms with E-state index in [-0.39, 0.29) is 0 Å². The summed E-state index contributed by atoms with van der Waals surface area (Å²) in [7, 11) is 0. The van der Waals surface area contributed by atoms with E-state index in [4.69, 9.17) is 10.2 Å². The van der Waals surface area contributed by atoms with E-state index in [0.29, 0.717) is 12.1 Å². The van der Waals surface area contributed by atoms with Gasteiger partial charge in [0.2, 0.25) is 0 Å². The van der Waals surface area contributed by atoms with Gasteiger partial charge in [-0.1, -0.05) is 24.3 Å². The van der Waals surface area contributed by atoms with E-state index in [0.717, 1.165) is 47.3 Å². The molecule has 0 aromatic heterocycles. The van der Waals surface area contributed by atoms with Crippen LogP contribution in [0.1, 0.15) is 48.6 Å². The molecule has 1 aromatic rings. The van der Waals surface area contributed by atoms with Gasteiger partial charge in [0.15, 0.2) is 0 Å². The van der Waals surface area contributed by atoms with E-state index in [1.165, 1.54) is 25.7 Å². The molecule has 2 heterocycles. The number of hydrogen-bond donors (Lipinski definition) is 0. The zero-order valence-corrected chi connectivity index (χ0v) is 12.8. The SMILES string of the molecule is c1ccc2c(c1)[C@H]1C[C@@H]2[C@H]2[C@H]3N=N[C@@H]([C@H]21)[C@@H]1[C@H]2CC[C@H](C2)[C@H]31. The van der Waals surface area contributed by atoms with Gasteiger partial charge in [-0.2, -0.15) is 10.2 Å². The van der Waals surface area contributed by atoms with Gasteiger partial charge in [-0.05, 0) is 84.2 Å². The first-order valence-corrected chi connectivity index (χ1v) is 9.40. The predicted molar refractivity (Wildman–Crippen MR) is 83.8 cm³/mol. The lowest BCUT2D eigenvalue weighted by atomic mass is 9.54. The lowest BCUT2D eigenvalue weighted by Crippen LogP contribution is -2.56. The highest BCUT2D eigenvalue weighted by atomic mass is 15.2. The van der Waals surface area contributed by atoms with Gasteiger partial charge < -0.3 is 0 Å². The van der Waals surface area contributed by atoms with Crippen LogP contribution in [0.25, 0.3) is 0 Å². The Morgan fingerprint density at radius 3 is 1.77 bits per heavy atom. The third-order valence-corrected chi connectivity index (χ3v) is 8.63. The molecule has 2 heteroatoms. The van der Waals surface area contributed by atoms with Crippen molar-refractivity contribution in [3.63, 3.8) is 0 Å². The minimum absolute atomic E-state index is 0.582. The van der Waals surface area contributed by atoms with Crippen molar-refractivity contribution in [2.45, 2.75) is 49.6 Å². The molecule has 2 nitrogen and oxygen atoms in total. The van der Waals surface area contributed by atoms with Crippen molar-refractivity contribution in [1.29, 1.82) is 0 Å². The van der Waals surface area contributed by atoms with Crippen LogP contribution in [0.5, 0.6) is 0 Å². The van der Waals surface area contributed by atoms with E-state index in [9.17, 15) is 0 Å². The summed E-state index contributed by atoms with van der Waals surface area (Å²) in [4.78, 5) is 0. The van der Waals surface area contributed by atoms with Crippen LogP contribution in [0.4, 0.5) is 0 Å². The molecule has 0 saturated heterocycles. The monoisotopic (exact) mass is 290 g/mol. The molecule has 8 rings (SSSR count). The van der Waals surface area contributed by atoms with Crippen LogP contribution >= 0.6 is 0 Å². The zero-order chi connectivity index (χ0) is 14.0. The average molecular weight is 290 g/mol. The summed E-state index contributed by atoms with van der Waals surface area (Å²) >= 11 is 0. The van der Waals surface area contributed by atoms with Crippen molar-refractivity contribution in [2.75, 3.05) is 0 Å². The molecule has 22 heavy (non-hydrogen) atoms. The fourth-order valence-corrected chi connectivity index (χ4v) is 8.28. The number of benzene rings is 1. The topological polar surface area (TPSA) is 24.7 Å². The minimum Gasteiger partial charge on any atom is -0.190 e. The van der Waals surface area contributed by atoms with Crippen LogP contribution in [0.3, 0.4) is 0 Å². The molecule has 1 aromatic carbocycles. The third-order valence-electron chi connectivity index (χ3n) is 8.63. The van der Waals surface area contributed by atoms with Crippen LogP contribution in [-0.2, 0) is 0 Å². The second kappa shape index (κ2) is 3.49. The van der Waals surface area contributed by atoms with Crippen LogP contribution < -0.4 is 0 Å². The Balaban J connectivity index is 1.41. The van der Waals surface area contributed by atoms with Gasteiger partial charge in [0, 0.05) is 0 Å². The molecule has 5 aliphatic carbocycles. The molecule has 10 atom stereocenters. The molecular formula is C20H22N2. The number of rotatable bonds is 0. The first-order valence-electron chi connectivity index (χ1n) is 9.40. The van der Waals surface area contributed by atoms with E-state index >= 15 is 0 Å². The van der Waals surface area contributed by atoms with Crippen molar-refractivity contribution >= 4 is 0 Å². The van der Waals surface area contributed by atoms with Gasteiger partial charge in [-0.25, -0.2) is 0 Å². The Kier molecular flexibility index (Phi) is 1.81. The maximum absolute atomic E-state index is 4.92. The first-order chi connectivity index (χ1) is 10.9. The molecule has 4 saturated carbocycles. The minimum atomic E-state index is 0.582. The Morgan fingerprint density at radius 1 is 0.682 bits per heavy atom. The summed E-state index contributed by atoms with van der Waals surface area (Å²) in [5.74, 6) is 7.10. The second-order valence-electron chi connectivity index (χ2n) is 8.93. The highest BCUT2D eigenvalue weighted by Crippen LogP contribution is 2.71. The van der Waals surface area contributed by atoms with Gasteiger partial charge in [0.1, 0.15) is 0 Å². The lowest BCUT2D eigenvalue weighted by molar-refractivity contribution is -0.00501. The lowest BCUT2D eigenvalue weighted by Gasteiger charge is -2.54. The molecule has 0 radical (unpaired) electrons. The van der Waals surface area contributed by atoms with E-state index < -0.39 is 0 Å². The van der Waals surface area contributed by atoms with Crippen LogP contribution in [-0.4, -0.2) is 12.1 Å². The van der Waals surface area contributed by atoms with Gasteiger partial charge in [-0.15, -0.1) is 0 Å². The van der Waals surface area contributed by atoms with Gasteiger partial charge in [0.25, 0.3) is 0 Å². The Bertz CT molecular complexity index is 652. The highest BCUT2D eigenvalue weighted by molar-refractivity contribution is 5.45. The Labute approximate surface area is 131 Å². The molecular weight excluding hydrogens is 268 g/mol. The normalized spacial score (nSPS) is 58.0. The van der Waals surface area contributed by atoms with Crippen LogP contribution in [0.15, 0.2) is 34.5 Å². The molecule has 0 unspecified atom stereocenters. The molecule has 0 amide bonds. The quantitative estimate of drug-likeness (QED) is 0.677. The summed E-state index contributed by atoms with van der Waals surface area (Å²) < 4.78 is 0. The maximum Gasteiger partial charge on any atom is 0.0780 e. The Morgan fingerprint density at radius 2 is 1.23 bits per heavy atom. The standard InChI is InChI=1S/C20H22N2/c1-2-4-12-11(3-1)13-8-14(12)18-17(13)19-15-9-5-6-10(7-9)16(15)20(18)22-21-19/h1-4,9-10,13-20H,5-8H2/t9-,10+,13+,14-,15+,16-,17-,18+,19+,20-. The zero-order valence-electron chi connectivity index (χ0n) is 12.8. The average Bonchev–Trinajstić information content (AvgIpc) is 3.34. The number of fused-ring (bicyclic) bond motifs is 7. The highest BCUT2D eigenvalue weighted by Gasteiger charge is 2.68. The number of hydrogen-bond acceptors (Lipinski definition) is 2. The molecule has 7 aliphatic rings. The van der Waals surface area contributed by atoms with Crippen LogP contribution in [0.2, 0.25) is 0 Å². The van der Waals surface area contributed by atoms with E-state index in [1.54, 1.807) is 11.1 Å². The van der Waals surface area contributed by atoms with Gasteiger partial charge >= 0.3 is 0 Å². The Hall–Kier alpha value is -1.18. The number of nitrogens with zero attached hydrogens (tertiary/aromatic N) is 2. The second-order valence-corrected chi connectivity index (χ2v) is 8.93. The summed E-state index contributed by atoms with van der Waals surface area (Å²) in [5.41, 5.74) is 3.35. The number of azo groups is 1. The summed E-state index contributed by atoms with van der Waals surface area (Å²) in [6.45, 7) is 0. The summed E-state index contributed by atoms with van der Waals surface area (Å²) in [5, 5.41) is 9.84. The molecule has 112 valence electrons. The third kappa shape index (κ3) is 1.04. The smallest absolute Gasteiger partial charge is 0.0780 e. The molecule has 2 aliphatic heterocycles. The fraction of sp³-hybridized carbons (Fsp3) is 0.700. The molecule has 4 fully saturated rings. The van der Waals surface area contributed by atoms with Crippen molar-refractivity contribution in [1.82, 2.24) is 0 Å². The maximum atomic E-state index is 4.92. The van der Waals surface area contributed by atoms with E-state index in [1.807, 2.05) is 0 Å². The van der Waals surface area contributed by atoms with Crippen molar-refractivity contribution in [3.8, 4) is 0 Å².